The SMILES string of the molecule is OC[C@@H](CC1CCCCC1)Nc1nc(Nc2ccccc2)ncc1Br. The highest BCUT2D eigenvalue weighted by Crippen LogP contribution is 2.29. The maximum Gasteiger partial charge on any atom is 0.229 e. The third-order valence-corrected chi connectivity index (χ3v) is 5.26. The van der Waals surface area contributed by atoms with Gasteiger partial charge in [0, 0.05) is 11.9 Å². The van der Waals surface area contributed by atoms with Gasteiger partial charge in [0.15, 0.2) is 0 Å². The quantitative estimate of drug-likeness (QED) is 0.622. The van der Waals surface area contributed by atoms with Gasteiger partial charge in [0.25, 0.3) is 0 Å². The van der Waals surface area contributed by atoms with E-state index < -0.39 is 0 Å². The minimum Gasteiger partial charge on any atom is -0.394 e. The molecule has 1 fully saturated rings. The Labute approximate surface area is 157 Å². The van der Waals surface area contributed by atoms with Crippen molar-refractivity contribution in [3.63, 3.8) is 0 Å². The minimum absolute atomic E-state index is 0.0128. The molecule has 3 N–H and O–H groups in total. The summed E-state index contributed by atoms with van der Waals surface area (Å²) < 4.78 is 0.799. The zero-order valence-electron chi connectivity index (χ0n) is 14.3. The summed E-state index contributed by atoms with van der Waals surface area (Å²) in [6.07, 6.45) is 9.22. The molecule has 1 aliphatic rings. The Kier molecular flexibility index (Phi) is 6.64. The summed E-state index contributed by atoms with van der Waals surface area (Å²) in [7, 11) is 0. The van der Waals surface area contributed by atoms with Crippen LogP contribution in [0.3, 0.4) is 0 Å². The largest absolute Gasteiger partial charge is 0.394 e. The molecule has 1 aliphatic carbocycles. The van der Waals surface area contributed by atoms with Crippen LogP contribution in [0.5, 0.6) is 0 Å². The molecule has 1 saturated carbocycles. The molecule has 1 aromatic heterocycles. The first-order valence-corrected chi connectivity index (χ1v) is 9.76. The molecule has 3 rings (SSSR count). The average molecular weight is 405 g/mol. The number of benzene rings is 1. The van der Waals surface area contributed by atoms with Crippen LogP contribution in [0.1, 0.15) is 38.5 Å². The summed E-state index contributed by atoms with van der Waals surface area (Å²) in [5.74, 6) is 1.94. The Bertz CT molecular complexity index is 662. The van der Waals surface area contributed by atoms with E-state index >= 15 is 0 Å². The molecule has 0 amide bonds. The van der Waals surface area contributed by atoms with E-state index in [9.17, 15) is 5.11 Å². The van der Waals surface area contributed by atoms with Gasteiger partial charge in [-0.05, 0) is 40.4 Å². The highest BCUT2D eigenvalue weighted by Gasteiger charge is 2.19. The Hall–Kier alpha value is -1.66. The normalized spacial score (nSPS) is 16.4. The third kappa shape index (κ3) is 5.41. The predicted molar refractivity (Wildman–Crippen MR) is 105 cm³/mol. The molecule has 1 aromatic carbocycles. The number of anilines is 3. The van der Waals surface area contributed by atoms with Crippen molar-refractivity contribution in [2.24, 2.45) is 5.92 Å². The van der Waals surface area contributed by atoms with Crippen molar-refractivity contribution in [3.05, 3.63) is 41.0 Å². The van der Waals surface area contributed by atoms with E-state index in [1.54, 1.807) is 6.20 Å². The summed E-state index contributed by atoms with van der Waals surface area (Å²) >= 11 is 3.50. The second kappa shape index (κ2) is 9.15. The van der Waals surface area contributed by atoms with Crippen LogP contribution < -0.4 is 10.6 Å². The van der Waals surface area contributed by atoms with Crippen LogP contribution in [-0.4, -0.2) is 27.7 Å². The predicted octanol–water partition coefficient (Wildman–Crippen LogP) is 4.73. The number of aliphatic hydroxyl groups excluding tert-OH is 1. The molecular weight excluding hydrogens is 380 g/mol. The van der Waals surface area contributed by atoms with Crippen molar-refractivity contribution < 1.29 is 5.11 Å². The fraction of sp³-hybridized carbons (Fsp3) is 0.474. The van der Waals surface area contributed by atoms with E-state index in [2.05, 4.69) is 36.5 Å². The number of para-hydroxylation sites is 1. The first kappa shape index (κ1) is 18.1. The summed E-state index contributed by atoms with van der Waals surface area (Å²) in [6.45, 7) is 0.106. The van der Waals surface area contributed by atoms with Crippen LogP contribution >= 0.6 is 15.9 Å². The van der Waals surface area contributed by atoms with Crippen LogP contribution in [0, 0.1) is 5.92 Å². The summed E-state index contributed by atoms with van der Waals surface area (Å²) in [5, 5.41) is 16.4. The van der Waals surface area contributed by atoms with Crippen LogP contribution in [0.25, 0.3) is 0 Å². The van der Waals surface area contributed by atoms with E-state index in [0.717, 1.165) is 16.6 Å². The molecule has 6 heteroatoms. The number of aliphatic hydroxyl groups is 1. The lowest BCUT2D eigenvalue weighted by Gasteiger charge is -2.26. The highest BCUT2D eigenvalue weighted by molar-refractivity contribution is 9.10. The smallest absolute Gasteiger partial charge is 0.229 e. The zero-order chi connectivity index (χ0) is 17.5. The molecule has 25 heavy (non-hydrogen) atoms. The van der Waals surface area contributed by atoms with E-state index in [-0.39, 0.29) is 12.6 Å². The van der Waals surface area contributed by atoms with Gasteiger partial charge in [0.05, 0.1) is 17.1 Å². The molecule has 0 radical (unpaired) electrons. The van der Waals surface area contributed by atoms with Crippen molar-refractivity contribution in [2.45, 2.75) is 44.6 Å². The maximum atomic E-state index is 9.78. The van der Waals surface area contributed by atoms with Crippen LogP contribution in [-0.2, 0) is 0 Å². The third-order valence-electron chi connectivity index (χ3n) is 4.68. The summed E-state index contributed by atoms with van der Waals surface area (Å²) in [6, 6.07) is 9.85. The molecule has 134 valence electrons. The molecule has 1 atom stereocenters. The van der Waals surface area contributed by atoms with Gasteiger partial charge in [0.1, 0.15) is 5.82 Å². The second-order valence-electron chi connectivity index (χ2n) is 6.64. The monoisotopic (exact) mass is 404 g/mol. The van der Waals surface area contributed by atoms with E-state index in [4.69, 9.17) is 0 Å². The number of nitrogens with one attached hydrogen (secondary N) is 2. The van der Waals surface area contributed by atoms with Crippen molar-refractivity contribution in [1.82, 2.24) is 9.97 Å². The number of nitrogens with zero attached hydrogens (tertiary/aromatic N) is 2. The number of hydrogen-bond acceptors (Lipinski definition) is 5. The Morgan fingerprint density at radius 1 is 1.16 bits per heavy atom. The molecule has 5 nitrogen and oxygen atoms in total. The van der Waals surface area contributed by atoms with Gasteiger partial charge >= 0.3 is 0 Å². The van der Waals surface area contributed by atoms with Crippen LogP contribution in [0.15, 0.2) is 41.0 Å². The number of halogens is 1. The van der Waals surface area contributed by atoms with E-state index in [0.29, 0.717) is 17.7 Å². The van der Waals surface area contributed by atoms with Crippen molar-refractivity contribution in [3.8, 4) is 0 Å². The Balaban J connectivity index is 1.66. The molecule has 1 heterocycles. The summed E-state index contributed by atoms with van der Waals surface area (Å²) in [5.41, 5.74) is 0.941. The number of hydrogen-bond donors (Lipinski definition) is 3. The number of aromatic nitrogens is 2. The van der Waals surface area contributed by atoms with Gasteiger partial charge in [-0.1, -0.05) is 50.3 Å². The molecule has 0 saturated heterocycles. The van der Waals surface area contributed by atoms with Gasteiger partial charge in [-0.3, -0.25) is 0 Å². The molecule has 2 aromatic rings. The van der Waals surface area contributed by atoms with Crippen molar-refractivity contribution in [1.29, 1.82) is 0 Å². The molecule has 0 spiro atoms. The topological polar surface area (TPSA) is 70.1 Å². The molecule has 0 aliphatic heterocycles. The average Bonchev–Trinajstić information content (AvgIpc) is 2.65. The minimum atomic E-state index is 0.0128. The van der Waals surface area contributed by atoms with Crippen molar-refractivity contribution in [2.75, 3.05) is 17.2 Å². The lowest BCUT2D eigenvalue weighted by molar-refractivity contribution is 0.236. The fourth-order valence-corrected chi connectivity index (χ4v) is 3.68. The van der Waals surface area contributed by atoms with E-state index in [1.807, 2.05) is 30.3 Å². The Morgan fingerprint density at radius 3 is 2.64 bits per heavy atom. The van der Waals surface area contributed by atoms with Crippen LogP contribution in [0.2, 0.25) is 0 Å². The van der Waals surface area contributed by atoms with Gasteiger partial charge < -0.3 is 15.7 Å². The first-order valence-electron chi connectivity index (χ1n) is 8.96. The highest BCUT2D eigenvalue weighted by atomic mass is 79.9. The Morgan fingerprint density at radius 2 is 1.92 bits per heavy atom. The molecular formula is C19H25BrN4O. The van der Waals surface area contributed by atoms with Crippen LogP contribution in [0.4, 0.5) is 17.5 Å². The number of rotatable bonds is 7. The van der Waals surface area contributed by atoms with E-state index in [1.165, 1.54) is 32.1 Å². The zero-order valence-corrected chi connectivity index (χ0v) is 15.9. The maximum absolute atomic E-state index is 9.78. The lowest BCUT2D eigenvalue weighted by Crippen LogP contribution is -2.28. The molecule has 0 unspecified atom stereocenters. The first-order chi connectivity index (χ1) is 12.2. The standard InChI is InChI=1S/C19H25BrN4O/c20-17-12-21-19(23-15-9-5-2-6-10-15)24-18(17)22-16(13-25)11-14-7-3-1-4-8-14/h2,5-6,9-10,12,14,16,25H,1,3-4,7-8,11,13H2,(H2,21,22,23,24)/t16-/m1/s1. The van der Waals surface area contributed by atoms with Gasteiger partial charge in [0.2, 0.25) is 5.95 Å². The summed E-state index contributed by atoms with van der Waals surface area (Å²) in [4.78, 5) is 8.87. The van der Waals surface area contributed by atoms with Gasteiger partial charge in [-0.15, -0.1) is 0 Å². The lowest BCUT2D eigenvalue weighted by atomic mass is 9.85. The second-order valence-corrected chi connectivity index (χ2v) is 7.50. The molecule has 0 bridgehead atoms. The fourth-order valence-electron chi connectivity index (χ4n) is 3.38. The van der Waals surface area contributed by atoms with Gasteiger partial charge in [-0.25, -0.2) is 4.98 Å². The van der Waals surface area contributed by atoms with Gasteiger partial charge in [-0.2, -0.15) is 4.98 Å². The van der Waals surface area contributed by atoms with Crippen molar-refractivity contribution >= 4 is 33.4 Å².